The molecule has 0 radical (unpaired) electrons. The monoisotopic (exact) mass is 394 g/mol. The highest BCUT2D eigenvalue weighted by atomic mass is 16.5. The predicted octanol–water partition coefficient (Wildman–Crippen LogP) is 3.56. The molecule has 6 heteroatoms. The number of benzene rings is 2. The Morgan fingerprint density at radius 2 is 1.72 bits per heavy atom. The van der Waals surface area contributed by atoms with E-state index in [1.54, 1.807) is 14.2 Å². The average Bonchev–Trinajstić information content (AvgIpc) is 2.78. The van der Waals surface area contributed by atoms with Crippen molar-refractivity contribution in [2.45, 2.75) is 13.0 Å². The Hall–Kier alpha value is -3.17. The molecule has 29 heavy (non-hydrogen) atoms. The van der Waals surface area contributed by atoms with Crippen LogP contribution in [0.25, 0.3) is 0 Å². The quantitative estimate of drug-likeness (QED) is 0.638. The maximum atomic E-state index is 9.57. The molecule has 0 unspecified atom stereocenters. The van der Waals surface area contributed by atoms with Crippen LogP contribution in [-0.2, 0) is 17.8 Å². The Labute approximate surface area is 171 Å². The smallest absolute Gasteiger partial charge is 0.203 e. The van der Waals surface area contributed by atoms with Gasteiger partial charge in [-0.1, -0.05) is 30.3 Å². The molecule has 0 saturated carbocycles. The molecule has 3 rings (SSSR count). The Balaban J connectivity index is 1.79. The third-order valence-corrected chi connectivity index (χ3v) is 4.67. The van der Waals surface area contributed by atoms with Gasteiger partial charge in [0.15, 0.2) is 11.5 Å². The Bertz CT molecular complexity index is 843. The minimum absolute atomic E-state index is 0.410. The summed E-state index contributed by atoms with van der Waals surface area (Å²) in [7, 11) is 3.20. The molecule has 2 aromatic rings. The van der Waals surface area contributed by atoms with Crippen LogP contribution in [0.2, 0.25) is 0 Å². The summed E-state index contributed by atoms with van der Waals surface area (Å²) in [5.74, 6) is 1.72. The molecule has 2 aromatic carbocycles. The van der Waals surface area contributed by atoms with Crippen molar-refractivity contribution >= 4 is 0 Å². The van der Waals surface area contributed by atoms with E-state index in [-0.39, 0.29) is 0 Å². The van der Waals surface area contributed by atoms with Crippen LogP contribution in [0.15, 0.2) is 54.2 Å². The van der Waals surface area contributed by atoms with Gasteiger partial charge in [0, 0.05) is 31.3 Å². The zero-order valence-corrected chi connectivity index (χ0v) is 16.9. The van der Waals surface area contributed by atoms with Crippen LogP contribution in [0.4, 0.5) is 0 Å². The van der Waals surface area contributed by atoms with E-state index in [4.69, 9.17) is 18.9 Å². The second-order valence-corrected chi connectivity index (χ2v) is 6.69. The van der Waals surface area contributed by atoms with Gasteiger partial charge < -0.3 is 23.8 Å². The highest BCUT2D eigenvalue weighted by molar-refractivity contribution is 5.55. The summed E-state index contributed by atoms with van der Waals surface area (Å²) >= 11 is 0. The van der Waals surface area contributed by atoms with Crippen LogP contribution in [0, 0.1) is 11.3 Å². The predicted molar refractivity (Wildman–Crippen MR) is 110 cm³/mol. The number of hydrogen-bond acceptors (Lipinski definition) is 6. The summed E-state index contributed by atoms with van der Waals surface area (Å²) in [6.07, 6.45) is 2.40. The third-order valence-electron chi connectivity index (χ3n) is 4.67. The van der Waals surface area contributed by atoms with Crippen molar-refractivity contribution < 1.29 is 18.9 Å². The first-order valence-electron chi connectivity index (χ1n) is 9.57. The van der Waals surface area contributed by atoms with Crippen molar-refractivity contribution in [3.8, 4) is 23.3 Å². The fourth-order valence-corrected chi connectivity index (χ4v) is 3.17. The zero-order chi connectivity index (χ0) is 20.5. The number of ether oxygens (including phenoxy) is 4. The van der Waals surface area contributed by atoms with Gasteiger partial charge in [-0.05, 0) is 23.3 Å². The van der Waals surface area contributed by atoms with E-state index in [1.165, 1.54) is 0 Å². The van der Waals surface area contributed by atoms with Crippen molar-refractivity contribution in [2.75, 3.05) is 40.5 Å². The van der Waals surface area contributed by atoms with Crippen molar-refractivity contribution in [3.05, 3.63) is 65.4 Å². The van der Waals surface area contributed by atoms with Crippen LogP contribution in [-0.4, -0.2) is 45.4 Å². The molecule has 0 aromatic heterocycles. The third kappa shape index (κ3) is 5.66. The molecule has 0 atom stereocenters. The van der Waals surface area contributed by atoms with Crippen molar-refractivity contribution in [1.29, 1.82) is 5.26 Å². The van der Waals surface area contributed by atoms with E-state index in [9.17, 15) is 5.26 Å². The number of rotatable bonds is 8. The lowest BCUT2D eigenvalue weighted by Crippen LogP contribution is -2.32. The first-order chi connectivity index (χ1) is 14.2. The van der Waals surface area contributed by atoms with Gasteiger partial charge in [-0.25, -0.2) is 0 Å². The van der Waals surface area contributed by atoms with E-state index in [0.717, 1.165) is 24.2 Å². The van der Waals surface area contributed by atoms with Gasteiger partial charge in [-0.2, -0.15) is 5.26 Å². The normalized spacial score (nSPS) is 14.2. The lowest BCUT2D eigenvalue weighted by Gasteiger charge is -2.25. The number of allylic oxidation sites excluding steroid dienone is 1. The Kier molecular flexibility index (Phi) is 7.37. The lowest BCUT2D eigenvalue weighted by atomic mass is 10.1. The summed E-state index contributed by atoms with van der Waals surface area (Å²) in [5.41, 5.74) is 2.65. The van der Waals surface area contributed by atoms with Crippen LogP contribution in [0.3, 0.4) is 0 Å². The number of hydrogen-bond donors (Lipinski definition) is 0. The molecule has 0 N–H and O–H groups in total. The lowest BCUT2D eigenvalue weighted by molar-refractivity contribution is 0.0591. The van der Waals surface area contributed by atoms with E-state index >= 15 is 0 Å². The van der Waals surface area contributed by atoms with E-state index in [2.05, 4.69) is 11.0 Å². The summed E-state index contributed by atoms with van der Waals surface area (Å²) < 4.78 is 22.4. The topological polar surface area (TPSA) is 64.0 Å². The second kappa shape index (κ2) is 10.4. The maximum Gasteiger partial charge on any atom is 0.203 e. The van der Waals surface area contributed by atoms with Crippen molar-refractivity contribution in [3.63, 3.8) is 0 Å². The molecule has 1 fully saturated rings. The van der Waals surface area contributed by atoms with Gasteiger partial charge in [-0.3, -0.25) is 0 Å². The SMILES string of the molecule is COc1cc(CC(C#N)=CN2CCOCC2)cc(OC)c1OCc1ccccc1. The fraction of sp³-hybridized carbons (Fsp3) is 0.348. The van der Waals surface area contributed by atoms with Crippen LogP contribution < -0.4 is 14.2 Å². The van der Waals surface area contributed by atoms with Crippen LogP contribution in [0.5, 0.6) is 17.2 Å². The van der Waals surface area contributed by atoms with Crippen molar-refractivity contribution in [1.82, 2.24) is 4.90 Å². The largest absolute Gasteiger partial charge is 0.493 e. The van der Waals surface area contributed by atoms with Gasteiger partial charge in [0.1, 0.15) is 6.61 Å². The van der Waals surface area contributed by atoms with Gasteiger partial charge in [-0.15, -0.1) is 0 Å². The number of nitriles is 1. The molecule has 0 spiro atoms. The number of nitrogens with zero attached hydrogens (tertiary/aromatic N) is 2. The van der Waals surface area contributed by atoms with Gasteiger partial charge >= 0.3 is 0 Å². The molecule has 152 valence electrons. The molecule has 1 heterocycles. The fourth-order valence-electron chi connectivity index (χ4n) is 3.17. The molecule has 1 aliphatic rings. The standard InChI is InChI=1S/C23H26N2O4/c1-26-21-13-19(12-20(15-24)16-25-8-10-28-11-9-25)14-22(27-2)23(21)29-17-18-6-4-3-5-7-18/h3-7,13-14,16H,8-12,17H2,1-2H3. The van der Waals surface area contributed by atoms with Gasteiger partial charge in [0.2, 0.25) is 5.75 Å². The van der Waals surface area contributed by atoms with E-state index in [1.807, 2.05) is 48.7 Å². The number of morpholine rings is 1. The van der Waals surface area contributed by atoms with Crippen LogP contribution >= 0.6 is 0 Å². The highest BCUT2D eigenvalue weighted by Gasteiger charge is 2.16. The zero-order valence-electron chi connectivity index (χ0n) is 16.9. The molecule has 0 bridgehead atoms. The minimum Gasteiger partial charge on any atom is -0.493 e. The Morgan fingerprint density at radius 1 is 1.07 bits per heavy atom. The molecule has 1 aliphatic heterocycles. The van der Waals surface area contributed by atoms with E-state index in [0.29, 0.717) is 49.1 Å². The molecule has 1 saturated heterocycles. The van der Waals surface area contributed by atoms with Gasteiger partial charge in [0.05, 0.1) is 33.5 Å². The first-order valence-corrected chi connectivity index (χ1v) is 9.57. The molecule has 0 aliphatic carbocycles. The maximum absolute atomic E-state index is 9.57. The summed E-state index contributed by atoms with van der Waals surface area (Å²) in [4.78, 5) is 2.12. The van der Waals surface area contributed by atoms with Gasteiger partial charge in [0.25, 0.3) is 0 Å². The first kappa shape index (κ1) is 20.6. The van der Waals surface area contributed by atoms with Crippen molar-refractivity contribution in [2.24, 2.45) is 0 Å². The molecule has 0 amide bonds. The summed E-state index contributed by atoms with van der Waals surface area (Å²) in [6, 6.07) is 16.0. The summed E-state index contributed by atoms with van der Waals surface area (Å²) in [6.45, 7) is 3.37. The Morgan fingerprint density at radius 3 is 2.31 bits per heavy atom. The summed E-state index contributed by atoms with van der Waals surface area (Å²) in [5, 5.41) is 9.57. The second-order valence-electron chi connectivity index (χ2n) is 6.69. The molecular formula is C23H26N2O4. The van der Waals surface area contributed by atoms with Crippen LogP contribution in [0.1, 0.15) is 11.1 Å². The highest BCUT2D eigenvalue weighted by Crippen LogP contribution is 2.39. The molecule has 6 nitrogen and oxygen atoms in total. The van der Waals surface area contributed by atoms with E-state index < -0.39 is 0 Å². The molecular weight excluding hydrogens is 368 g/mol. The minimum atomic E-state index is 0.410. The number of methoxy groups -OCH3 is 2. The average molecular weight is 394 g/mol.